The van der Waals surface area contributed by atoms with Gasteiger partial charge in [-0.1, -0.05) is 64.7 Å². The number of unbranched alkanes of at least 4 members (excludes halogenated alkanes) is 9. The Labute approximate surface area is 189 Å². The summed E-state index contributed by atoms with van der Waals surface area (Å²) < 4.78 is 5.84. The van der Waals surface area contributed by atoms with Crippen LogP contribution in [0.2, 0.25) is 0 Å². The number of nitrogens with one attached hydrogen (secondary N) is 4. The Bertz CT molecular complexity index is 582. The molecule has 8 heteroatoms. The number of nitrogens with two attached hydrogens (primary N) is 2. The first kappa shape index (κ1) is 26.5. The Morgan fingerprint density at radius 3 is 1.93 bits per heavy atom. The topological polar surface area (TPSA) is 133 Å². The van der Waals surface area contributed by atoms with E-state index in [-0.39, 0.29) is 39.2 Å². The molecule has 8 N–H and O–H groups in total. The van der Waals surface area contributed by atoms with Crippen molar-refractivity contribution in [3.05, 3.63) is 18.2 Å². The molecule has 0 aliphatic carbocycles. The summed E-state index contributed by atoms with van der Waals surface area (Å²) in [6, 6.07) is 5.28. The summed E-state index contributed by atoms with van der Waals surface area (Å²) in [5.74, 6) is 0.316. The van der Waals surface area contributed by atoms with Crippen molar-refractivity contribution >= 4 is 50.6 Å². The number of hydrogen-bond donors (Lipinski definition) is 6. The van der Waals surface area contributed by atoms with Crippen LogP contribution in [-0.4, -0.2) is 45.8 Å². The summed E-state index contributed by atoms with van der Waals surface area (Å²) in [5.41, 5.74) is 12.0. The molecule has 0 aliphatic heterocycles. The van der Waals surface area contributed by atoms with Crippen molar-refractivity contribution in [2.24, 2.45) is 11.5 Å². The third kappa shape index (κ3) is 12.8. The molecule has 0 atom stereocenters. The fourth-order valence-corrected chi connectivity index (χ4v) is 2.90. The third-order valence-corrected chi connectivity index (χ3v) is 4.28. The average molecular weight is 586 g/mol. The Hall–Kier alpha value is -1.52. The van der Waals surface area contributed by atoms with Crippen LogP contribution < -0.4 is 26.8 Å². The zero-order valence-corrected chi connectivity index (χ0v) is 22.8. The van der Waals surface area contributed by atoms with Gasteiger partial charge in [0, 0.05) is 5.69 Å². The van der Waals surface area contributed by atoms with E-state index in [2.05, 4.69) is 17.6 Å². The fraction of sp³-hybridized carbons (Fsp3) is 0.600. The Balaban J connectivity index is 0.00000729. The molecule has 0 saturated carbocycles. The Kier molecular flexibility index (Phi) is 15.5. The summed E-state index contributed by atoms with van der Waals surface area (Å²) in [6.45, 7) is 2.88. The molecule has 0 amide bonds. The van der Waals surface area contributed by atoms with E-state index in [0.717, 1.165) is 12.8 Å². The van der Waals surface area contributed by atoms with E-state index in [4.69, 9.17) is 27.0 Å². The number of hydrogen-bond acceptors (Lipinski definition) is 3. The van der Waals surface area contributed by atoms with Gasteiger partial charge in [0.15, 0.2) is 11.9 Å². The van der Waals surface area contributed by atoms with Gasteiger partial charge in [-0.05, 0) is 24.6 Å². The van der Waals surface area contributed by atoms with Crippen molar-refractivity contribution in [1.29, 1.82) is 10.8 Å². The maximum atomic E-state index is 7.42. The van der Waals surface area contributed by atoms with Crippen LogP contribution in [0.25, 0.3) is 0 Å². The second-order valence-corrected chi connectivity index (χ2v) is 6.82. The predicted molar refractivity (Wildman–Crippen MR) is 123 cm³/mol. The number of guanidine groups is 2. The first-order chi connectivity index (χ1) is 13.0. The monoisotopic (exact) mass is 586 g/mol. The van der Waals surface area contributed by atoms with Gasteiger partial charge < -0.3 is 26.8 Å². The number of rotatable bonds is 14. The first-order valence-corrected chi connectivity index (χ1v) is 10.0. The van der Waals surface area contributed by atoms with Crippen LogP contribution in [0, 0.1) is 10.8 Å². The van der Waals surface area contributed by atoms with E-state index >= 15 is 0 Å². The molecule has 0 saturated heterocycles. The molecule has 28 heavy (non-hydrogen) atoms. The van der Waals surface area contributed by atoms with Crippen LogP contribution in [0.15, 0.2) is 18.2 Å². The molecular weight excluding hydrogens is 547 g/mol. The van der Waals surface area contributed by atoms with Crippen molar-refractivity contribution in [2.75, 3.05) is 17.2 Å². The van der Waals surface area contributed by atoms with Crippen LogP contribution in [0.5, 0.6) is 5.75 Å². The summed E-state index contributed by atoms with van der Waals surface area (Å²) in [6.07, 6.45) is 12.8. The van der Waals surface area contributed by atoms with Gasteiger partial charge in [-0.15, -0.1) is 0 Å². The number of benzene rings is 1. The molecule has 0 fully saturated rings. The Morgan fingerprint density at radius 2 is 1.39 bits per heavy atom. The molecule has 0 aromatic heterocycles. The van der Waals surface area contributed by atoms with Gasteiger partial charge in [0.05, 0.1) is 12.3 Å². The minimum absolute atomic E-state index is 0. The Morgan fingerprint density at radius 1 is 0.857 bits per heavy atom. The van der Waals surface area contributed by atoms with Crippen LogP contribution in [0.1, 0.15) is 71.1 Å². The molecule has 0 spiro atoms. The second kappa shape index (κ2) is 16.4. The van der Waals surface area contributed by atoms with Gasteiger partial charge in [0.2, 0.25) is 0 Å². The first-order valence-electron chi connectivity index (χ1n) is 10.0. The van der Waals surface area contributed by atoms with Crippen LogP contribution in [0.4, 0.5) is 11.4 Å². The van der Waals surface area contributed by atoms with Crippen molar-refractivity contribution < 1.29 is 4.74 Å². The normalized spacial score (nSPS) is 10.0. The average Bonchev–Trinajstić information content (AvgIpc) is 2.60. The molecule has 1 aromatic carbocycles. The molecule has 0 heterocycles. The van der Waals surface area contributed by atoms with Crippen LogP contribution >= 0.6 is 0 Å². The van der Waals surface area contributed by atoms with E-state index in [1.54, 1.807) is 18.2 Å². The van der Waals surface area contributed by atoms with E-state index in [1.807, 2.05) is 0 Å². The number of ether oxygens (including phenoxy) is 1. The second-order valence-electron chi connectivity index (χ2n) is 6.82. The molecule has 2 radical (unpaired) electrons. The van der Waals surface area contributed by atoms with Crippen molar-refractivity contribution in [3.63, 3.8) is 0 Å². The molecule has 1 rings (SSSR count). The summed E-state index contributed by atoms with van der Waals surface area (Å²) in [5, 5.41) is 20.2. The summed E-state index contributed by atoms with van der Waals surface area (Å²) in [7, 11) is 0. The molecular formula is C20H38N6OPb. The van der Waals surface area contributed by atoms with Crippen molar-refractivity contribution in [3.8, 4) is 5.75 Å². The number of anilines is 2. The van der Waals surface area contributed by atoms with E-state index in [0.29, 0.717) is 23.7 Å². The SMILES string of the molecule is CCCCCCCCCCCCOc1ccc(NC(=N)N)cc1NC(=N)N.[PbH2]. The van der Waals surface area contributed by atoms with Gasteiger partial charge in [-0.2, -0.15) is 0 Å². The van der Waals surface area contributed by atoms with Gasteiger partial charge in [-0.25, -0.2) is 0 Å². The fourth-order valence-electron chi connectivity index (χ4n) is 2.90. The zero-order chi connectivity index (χ0) is 19.9. The zero-order valence-electron chi connectivity index (χ0n) is 17.3. The molecule has 0 unspecified atom stereocenters. The van der Waals surface area contributed by atoms with E-state index < -0.39 is 0 Å². The van der Waals surface area contributed by atoms with Gasteiger partial charge in [0.1, 0.15) is 5.75 Å². The minimum atomic E-state index is -0.168. The van der Waals surface area contributed by atoms with Crippen molar-refractivity contribution in [1.82, 2.24) is 0 Å². The van der Waals surface area contributed by atoms with Crippen LogP contribution in [0.3, 0.4) is 0 Å². The third-order valence-electron chi connectivity index (χ3n) is 4.28. The molecule has 0 bridgehead atoms. The van der Waals surface area contributed by atoms with Gasteiger partial charge >= 0.3 is 27.3 Å². The molecule has 7 nitrogen and oxygen atoms in total. The van der Waals surface area contributed by atoms with Crippen LogP contribution in [-0.2, 0) is 0 Å². The quantitative estimate of drug-likeness (QED) is 0.0858. The molecule has 0 aliphatic rings. The van der Waals surface area contributed by atoms with Gasteiger partial charge in [-0.3, -0.25) is 10.8 Å². The van der Waals surface area contributed by atoms with Gasteiger partial charge in [0.25, 0.3) is 0 Å². The molecule has 158 valence electrons. The summed E-state index contributed by atoms with van der Waals surface area (Å²) >= 11 is 0. The van der Waals surface area contributed by atoms with Crippen molar-refractivity contribution in [2.45, 2.75) is 71.1 Å². The molecule has 1 aromatic rings. The standard InChI is InChI=1S/C20H36N6O.Pb.2H/c1-2-3-4-5-6-7-8-9-10-11-14-27-18-13-12-16(25-19(21)22)15-17(18)26-20(23)24;;;/h12-13,15H,2-11,14H2,1H3,(H4,21,22,25)(H4,23,24,26);;;. The van der Waals surface area contributed by atoms with E-state index in [9.17, 15) is 0 Å². The predicted octanol–water partition coefficient (Wildman–Crippen LogP) is 3.68. The van der Waals surface area contributed by atoms with E-state index in [1.165, 1.54) is 51.4 Å². The summed E-state index contributed by atoms with van der Waals surface area (Å²) in [4.78, 5) is 0. The maximum absolute atomic E-state index is 7.42.